The number of fused-ring (bicyclic) bond motifs is 1. The Labute approximate surface area is 457 Å². The molecule has 75 heavy (non-hydrogen) atoms. The summed E-state index contributed by atoms with van der Waals surface area (Å²) >= 11 is -2.97. The maximum atomic E-state index is 12.7. The Bertz CT molecular complexity index is 3560. The molecule has 0 saturated carbocycles. The Morgan fingerprint density at radius 3 is 1.56 bits per heavy atom. The number of hydrogen-bond donors (Lipinski definition) is 1. The van der Waals surface area contributed by atoms with E-state index in [1.165, 1.54) is 47.8 Å². The average Bonchev–Trinajstić information content (AvgIpc) is 3.74. The number of para-hydroxylation sites is 1. The van der Waals surface area contributed by atoms with Crippen LogP contribution in [0.3, 0.4) is 0 Å². The molecule has 4 nitrogen and oxygen atoms in total. The van der Waals surface area contributed by atoms with Gasteiger partial charge in [-0.05, 0) is 39.0 Å². The summed E-state index contributed by atoms with van der Waals surface area (Å²) in [7, 11) is 0. The van der Waals surface area contributed by atoms with Crippen molar-refractivity contribution in [3.63, 3.8) is 0 Å². The van der Waals surface area contributed by atoms with Gasteiger partial charge in [-0.3, -0.25) is 0 Å². The van der Waals surface area contributed by atoms with Crippen molar-refractivity contribution in [2.45, 2.75) is 146 Å². The Kier molecular flexibility index (Phi) is 14.1. The van der Waals surface area contributed by atoms with Crippen molar-refractivity contribution in [2.75, 3.05) is 0 Å². The van der Waals surface area contributed by atoms with Crippen molar-refractivity contribution in [3.8, 4) is 56.3 Å². The molecule has 0 atom stereocenters. The molecular formula is C70H78BiN3O. The number of aromatic hydroxyl groups is 1. The van der Waals surface area contributed by atoms with Crippen molar-refractivity contribution in [1.82, 2.24) is 14.5 Å². The van der Waals surface area contributed by atoms with Crippen LogP contribution < -0.4 is 9.81 Å². The maximum absolute atomic E-state index is 12.7. The molecule has 0 radical (unpaired) electrons. The number of phenols is 1. The zero-order valence-electron chi connectivity index (χ0n) is 48.0. The molecule has 0 aliphatic carbocycles. The average molecular weight is 1190 g/mol. The summed E-state index contributed by atoms with van der Waals surface area (Å²) in [6.45, 7) is 40.7. The monoisotopic (exact) mass is 1190 g/mol. The van der Waals surface area contributed by atoms with Crippen molar-refractivity contribution in [2.24, 2.45) is 0 Å². The molecule has 2 aromatic heterocycles. The molecule has 7 aromatic carbocycles. The fourth-order valence-corrected chi connectivity index (χ4v) is 22.3. The number of benzene rings is 7. The van der Waals surface area contributed by atoms with Gasteiger partial charge in [0.25, 0.3) is 0 Å². The molecular weight excluding hydrogens is 1110 g/mol. The van der Waals surface area contributed by atoms with E-state index in [2.05, 4.69) is 269 Å². The summed E-state index contributed by atoms with van der Waals surface area (Å²) in [5.74, 6) is 0.968. The van der Waals surface area contributed by atoms with Gasteiger partial charge in [-0.15, -0.1) is 0 Å². The second-order valence-corrected chi connectivity index (χ2v) is 33.6. The number of aromatic nitrogens is 3. The topological polar surface area (TPSA) is 50.9 Å². The van der Waals surface area contributed by atoms with Crippen LogP contribution in [0.1, 0.15) is 139 Å². The molecule has 0 aliphatic rings. The van der Waals surface area contributed by atoms with Crippen LogP contribution in [-0.2, 0) is 21.7 Å². The summed E-state index contributed by atoms with van der Waals surface area (Å²) in [5.41, 5.74) is 21.9. The predicted molar refractivity (Wildman–Crippen MR) is 323 cm³/mol. The van der Waals surface area contributed by atoms with Gasteiger partial charge >= 0.3 is 306 Å². The fraction of sp³-hybridized carbons (Fsp3) is 0.314. The van der Waals surface area contributed by atoms with Gasteiger partial charge in [-0.1, -0.05) is 105 Å². The molecule has 9 aromatic rings. The Morgan fingerprint density at radius 2 is 1.00 bits per heavy atom. The summed E-state index contributed by atoms with van der Waals surface area (Å²) in [5, 5.41) is 12.7. The first-order valence-electron chi connectivity index (χ1n) is 26.8. The van der Waals surface area contributed by atoms with Gasteiger partial charge in [0.15, 0.2) is 0 Å². The van der Waals surface area contributed by atoms with Gasteiger partial charge in [0.05, 0.1) is 0 Å². The molecule has 0 aliphatic heterocycles. The van der Waals surface area contributed by atoms with E-state index in [-0.39, 0.29) is 27.4 Å². The molecule has 2 heterocycles. The van der Waals surface area contributed by atoms with Crippen LogP contribution in [0.2, 0.25) is 0 Å². The van der Waals surface area contributed by atoms with E-state index in [9.17, 15) is 5.11 Å². The molecule has 384 valence electrons. The van der Waals surface area contributed by atoms with Crippen LogP contribution in [0.15, 0.2) is 140 Å². The van der Waals surface area contributed by atoms with Crippen LogP contribution >= 0.6 is 0 Å². The molecule has 0 bridgehead atoms. The first kappa shape index (κ1) is 53.7. The standard InChI is InChI=1S/C52H56N3O.2C9H11.Bi/c1-49(2,3)36-24-25-44(40(30-36)33-19-14-13-15-20-33)55-45-23-18-21-39(34-27-35(43-22-16-17-26-53-43)29-37(28-34)50(4,5)6)46(45)54-48(55)41-31-38(51(7,8)9)32-42(47(41)56)52(10,11)12;2*1-7-4-8(2)6-9(3)5-7;/h13-15,17-32,56H,1-12H3;2*4-5H,1-3H3;. The van der Waals surface area contributed by atoms with Crippen LogP contribution in [-0.4, -0.2) is 41.4 Å². The van der Waals surface area contributed by atoms with Gasteiger partial charge in [0.2, 0.25) is 0 Å². The van der Waals surface area contributed by atoms with Gasteiger partial charge in [0.1, 0.15) is 0 Å². The Balaban J connectivity index is 1.34. The number of phenolic OH excluding ortho intramolecular Hbond substituents is 1. The second kappa shape index (κ2) is 19.8. The van der Waals surface area contributed by atoms with E-state index in [0.717, 1.165) is 66.9 Å². The number of pyridine rings is 1. The number of rotatable bonds is 8. The van der Waals surface area contributed by atoms with E-state index in [1.807, 2.05) is 0 Å². The van der Waals surface area contributed by atoms with E-state index in [4.69, 9.17) is 9.97 Å². The fourth-order valence-electron chi connectivity index (χ4n) is 11.1. The zero-order valence-corrected chi connectivity index (χ0v) is 51.5. The molecule has 0 spiro atoms. The third kappa shape index (κ3) is 10.6. The third-order valence-corrected chi connectivity index (χ3v) is 27.1. The van der Waals surface area contributed by atoms with Crippen molar-refractivity contribution in [3.05, 3.63) is 195 Å². The Morgan fingerprint density at radius 1 is 0.453 bits per heavy atom. The molecule has 9 rings (SSSR count). The van der Waals surface area contributed by atoms with Crippen LogP contribution in [0.25, 0.3) is 61.6 Å². The van der Waals surface area contributed by atoms with E-state index < -0.39 is 21.8 Å². The van der Waals surface area contributed by atoms with Gasteiger partial charge in [-0.2, -0.15) is 0 Å². The molecule has 1 N–H and O–H groups in total. The third-order valence-electron chi connectivity index (χ3n) is 15.0. The van der Waals surface area contributed by atoms with Gasteiger partial charge in [0, 0.05) is 5.56 Å². The number of aryl methyl sites for hydroxylation is 6. The van der Waals surface area contributed by atoms with Crippen molar-refractivity contribution in [1.29, 1.82) is 0 Å². The van der Waals surface area contributed by atoms with Gasteiger partial charge in [-0.25, -0.2) is 0 Å². The normalized spacial score (nSPS) is 12.6. The second-order valence-electron chi connectivity index (χ2n) is 25.5. The molecule has 5 heteroatoms. The van der Waals surface area contributed by atoms with E-state index >= 15 is 0 Å². The summed E-state index contributed by atoms with van der Waals surface area (Å²) < 4.78 is 6.86. The number of hydrogen-bond acceptors (Lipinski definition) is 3. The van der Waals surface area contributed by atoms with Crippen molar-refractivity contribution >= 4 is 42.6 Å². The summed E-state index contributed by atoms with van der Waals surface area (Å²) in [4.78, 5) is 11.0. The summed E-state index contributed by atoms with van der Waals surface area (Å²) in [6, 6.07) is 49.9. The SMILES string of the molecule is Cc1cc(C)[c]([Bi]([c]2ccnc(-c3cc(-c4cccc5c4nc(-c4cc(C(C)(C)C)cc(C(C)(C)C)c4O)n5-c4ccc(C(C)(C)C)cc4-c4ccccc4)cc(C(C)(C)C)c3)c2)[c]2c(C)cc(C)cc2C)c(C)c1. The van der Waals surface area contributed by atoms with Crippen LogP contribution in [0.4, 0.5) is 0 Å². The molecule has 0 fully saturated rings. The van der Waals surface area contributed by atoms with E-state index in [1.54, 1.807) is 6.54 Å². The zero-order chi connectivity index (χ0) is 54.3. The number of imidazole rings is 1. The molecule has 0 amide bonds. The minimum atomic E-state index is -2.97. The Hall–Kier alpha value is -6.16. The number of nitrogens with zero attached hydrogens (tertiary/aromatic N) is 3. The molecule has 0 saturated heterocycles. The molecule has 0 unspecified atom stereocenters. The quantitative estimate of drug-likeness (QED) is 0.154. The predicted octanol–water partition coefficient (Wildman–Crippen LogP) is 16.4. The summed E-state index contributed by atoms with van der Waals surface area (Å²) in [6.07, 6.45) is 2.06. The van der Waals surface area contributed by atoms with Crippen molar-refractivity contribution < 1.29 is 5.11 Å². The van der Waals surface area contributed by atoms with Gasteiger partial charge < -0.3 is 5.11 Å². The van der Waals surface area contributed by atoms with E-state index in [0.29, 0.717) is 5.82 Å². The van der Waals surface area contributed by atoms with Crippen LogP contribution in [0, 0.1) is 41.5 Å². The first-order valence-corrected chi connectivity index (χ1v) is 32.0. The minimum absolute atomic E-state index is 0.0820. The van der Waals surface area contributed by atoms with Crippen LogP contribution in [0.5, 0.6) is 5.75 Å². The first-order chi connectivity index (χ1) is 35.1.